The van der Waals surface area contributed by atoms with Gasteiger partial charge in [0.2, 0.25) is 0 Å². The third-order valence-corrected chi connectivity index (χ3v) is 13.3. The van der Waals surface area contributed by atoms with Gasteiger partial charge < -0.3 is 23.9 Å². The first-order chi connectivity index (χ1) is 32.5. The predicted molar refractivity (Wildman–Crippen MR) is 279 cm³/mol. The van der Waals surface area contributed by atoms with Gasteiger partial charge in [-0.2, -0.15) is 12.1 Å². The molecule has 0 fully saturated rings. The molecule has 0 radical (unpaired) electrons. The van der Waals surface area contributed by atoms with Crippen molar-refractivity contribution >= 4 is 56.8 Å². The van der Waals surface area contributed by atoms with Gasteiger partial charge in [0.25, 0.3) is 0 Å². The van der Waals surface area contributed by atoms with Crippen molar-refractivity contribution in [2.45, 2.75) is 65.7 Å². The Balaban J connectivity index is 0.00000539. The van der Waals surface area contributed by atoms with Crippen LogP contribution >= 0.6 is 0 Å². The average molecular weight is 1070 g/mol. The number of anilines is 3. The molecule has 68 heavy (non-hydrogen) atoms. The Hall–Kier alpha value is -6.82. The van der Waals surface area contributed by atoms with E-state index >= 15 is 0 Å². The zero-order valence-electron chi connectivity index (χ0n) is 39.5. The van der Waals surface area contributed by atoms with E-state index in [1.165, 1.54) is 27.7 Å². The maximum atomic E-state index is 6.71. The van der Waals surface area contributed by atoms with Gasteiger partial charge in [-0.3, -0.25) is 0 Å². The van der Waals surface area contributed by atoms with Crippen LogP contribution in [0.15, 0.2) is 182 Å². The summed E-state index contributed by atoms with van der Waals surface area (Å²) in [5.74, 6) is 5.22. The summed E-state index contributed by atoms with van der Waals surface area (Å²) in [6.07, 6.45) is 10.7. The Bertz CT molecular complexity index is 3320. The molecule has 0 spiro atoms. The van der Waals surface area contributed by atoms with Gasteiger partial charge in [0.05, 0.1) is 0 Å². The summed E-state index contributed by atoms with van der Waals surface area (Å²) in [4.78, 5) is 11.8. The van der Waals surface area contributed by atoms with Crippen molar-refractivity contribution in [3.63, 3.8) is 0 Å². The summed E-state index contributed by atoms with van der Waals surface area (Å²) >= 11 is 0. The number of fused-ring (bicyclic) bond motifs is 5. The molecule has 340 valence electrons. The van der Waals surface area contributed by atoms with E-state index in [4.69, 9.17) is 9.72 Å². The molecule has 5 heterocycles. The molecule has 0 bridgehead atoms. The van der Waals surface area contributed by atoms with Crippen LogP contribution in [0.1, 0.15) is 88.1 Å². The average Bonchev–Trinajstić information content (AvgIpc) is 3.89. The Morgan fingerprint density at radius 1 is 0.662 bits per heavy atom. The summed E-state index contributed by atoms with van der Waals surface area (Å²) in [5, 5.41) is 2.23. The zero-order chi connectivity index (χ0) is 46.0. The minimum absolute atomic E-state index is 0. The molecule has 0 unspecified atom stereocenters. The first kappa shape index (κ1) is 45.0. The molecule has 0 saturated heterocycles. The number of pyridine rings is 1. The number of benzene rings is 6. The zero-order valence-corrected chi connectivity index (χ0v) is 41.8. The summed E-state index contributed by atoms with van der Waals surface area (Å²) in [7, 11) is 0. The second-order valence-corrected chi connectivity index (χ2v) is 19.4. The van der Waals surface area contributed by atoms with E-state index in [1.807, 2.05) is 24.4 Å². The number of nitrogens with zero attached hydrogens (tertiary/aromatic N) is 5. The fourth-order valence-electron chi connectivity index (χ4n) is 9.66. The van der Waals surface area contributed by atoms with Crippen LogP contribution in [0.5, 0.6) is 11.5 Å². The topological polar surface area (TPSA) is 36.8 Å². The van der Waals surface area contributed by atoms with E-state index in [0.29, 0.717) is 23.3 Å². The quantitative estimate of drug-likeness (QED) is 0.106. The second-order valence-electron chi connectivity index (χ2n) is 19.4. The molecule has 11 rings (SSSR count). The smallest absolute Gasteiger partial charge is 0.322 e. The van der Waals surface area contributed by atoms with Crippen molar-refractivity contribution in [3.8, 4) is 17.3 Å². The van der Waals surface area contributed by atoms with Gasteiger partial charge in [-0.05, 0) is 98.5 Å². The minimum Gasteiger partial charge on any atom is -0.509 e. The molecule has 3 aliphatic rings. The summed E-state index contributed by atoms with van der Waals surface area (Å²) < 4.78 is 8.91. The molecule has 0 saturated carbocycles. The second kappa shape index (κ2) is 18.0. The largest absolute Gasteiger partial charge is 0.509 e. The number of hydrogen-bond acceptors (Lipinski definition) is 5. The van der Waals surface area contributed by atoms with Gasteiger partial charge in [0, 0.05) is 73.1 Å². The van der Waals surface area contributed by atoms with Gasteiger partial charge in [-0.25, -0.2) is 4.98 Å². The van der Waals surface area contributed by atoms with E-state index in [0.717, 1.165) is 61.5 Å². The molecule has 6 aromatic carbocycles. The fraction of sp³-hybridized carbons (Fsp3) is 0.167. The molecule has 0 atom stereocenters. The molecule has 0 amide bonds. The van der Waals surface area contributed by atoms with Crippen LogP contribution in [0.3, 0.4) is 0 Å². The predicted octanol–water partition coefficient (Wildman–Crippen LogP) is 15.1. The summed E-state index contributed by atoms with van der Waals surface area (Å²) in [6.45, 7) is 17.9. The Morgan fingerprint density at radius 2 is 1.34 bits per heavy atom. The molecule has 8 aromatic rings. The first-order valence-corrected chi connectivity index (χ1v) is 23.4. The van der Waals surface area contributed by atoms with E-state index in [-0.39, 0.29) is 33.3 Å². The van der Waals surface area contributed by atoms with Crippen molar-refractivity contribution < 1.29 is 25.8 Å². The number of hydrogen-bond donors (Lipinski definition) is 0. The van der Waals surface area contributed by atoms with Crippen molar-refractivity contribution in [3.05, 3.63) is 229 Å². The molecular weight excluding hydrogens is 1010 g/mol. The van der Waals surface area contributed by atoms with Crippen LogP contribution < -0.4 is 14.5 Å². The third-order valence-electron chi connectivity index (χ3n) is 13.3. The fourth-order valence-corrected chi connectivity index (χ4v) is 9.66. The Kier molecular flexibility index (Phi) is 11.9. The van der Waals surface area contributed by atoms with Crippen LogP contribution in [0.25, 0.3) is 38.7 Å². The van der Waals surface area contributed by atoms with E-state index in [2.05, 4.69) is 238 Å². The molecule has 2 aromatic heterocycles. The first-order valence-electron chi connectivity index (χ1n) is 23.4. The number of aromatic nitrogens is 2. The van der Waals surface area contributed by atoms with Crippen molar-refractivity contribution in [2.24, 2.45) is 0 Å². The summed E-state index contributed by atoms with van der Waals surface area (Å²) in [6, 6.07) is 57.3. The molecule has 0 N–H and O–H groups in total. The normalized spacial score (nSPS) is 14.6. The standard InChI is InChI=1S/C60H53BN5O.Pt/c1-40(2)42-21-25-44(26-22-42)52-38-63-34-13-12-32-61(63)58(45-27-23-43(24-28-45)41(3)4)59(52)65-39-64(54-19-10-11-20-55(54)65)47-15-14-16-48(36-47)67-49-29-30-51-50-17-8-9-18-53(50)66(56(51)37-49)57-35-46(31-33-62-57)60(5,6)7;/h8-35,38-41H,1-7H3;/q-3;. The third kappa shape index (κ3) is 8.11. The minimum atomic E-state index is -0.0288. The Labute approximate surface area is 416 Å². The van der Waals surface area contributed by atoms with Gasteiger partial charge in [0.15, 0.2) is 0 Å². The van der Waals surface area contributed by atoms with Gasteiger partial charge in [0.1, 0.15) is 5.82 Å². The van der Waals surface area contributed by atoms with Crippen molar-refractivity contribution in [2.75, 3.05) is 9.80 Å². The summed E-state index contributed by atoms with van der Waals surface area (Å²) in [5.41, 5.74) is 14.7. The van der Waals surface area contributed by atoms with Crippen molar-refractivity contribution in [1.29, 1.82) is 0 Å². The number of allylic oxidation sites excluding steroid dienone is 3. The monoisotopic (exact) mass is 1070 g/mol. The van der Waals surface area contributed by atoms with Gasteiger partial charge in [-0.1, -0.05) is 145 Å². The van der Waals surface area contributed by atoms with Gasteiger partial charge in [-0.15, -0.1) is 48.1 Å². The van der Waals surface area contributed by atoms with Crippen LogP contribution in [0.4, 0.5) is 17.1 Å². The van der Waals surface area contributed by atoms with Crippen molar-refractivity contribution in [1.82, 2.24) is 14.4 Å². The number of rotatable bonds is 9. The van der Waals surface area contributed by atoms with Crippen LogP contribution in [-0.2, 0) is 26.5 Å². The van der Waals surface area contributed by atoms with Crippen LogP contribution in [-0.4, -0.2) is 21.2 Å². The van der Waals surface area contributed by atoms with Crippen LogP contribution in [0.2, 0.25) is 0 Å². The van der Waals surface area contributed by atoms with Gasteiger partial charge >= 0.3 is 6.85 Å². The number of para-hydroxylation sites is 3. The molecular formula is C60H53BN5OPt-3. The molecule has 8 heteroatoms. The number of ether oxygens (including phenoxy) is 1. The maximum Gasteiger partial charge on any atom is 0.322 e. The maximum absolute atomic E-state index is 6.71. The van der Waals surface area contributed by atoms with E-state index in [9.17, 15) is 0 Å². The SMILES string of the molecule is CC(C)c1ccc(C2=CN3C=CC=CB3C(c3ccc(C(C)C)cc3)=C2N2[CH-]N(c3[c-]c(Oc4[c-]c5c(cc4)c4ccccc4n5-c4cc(C(C)(C)C)ccn4)ccc3)c3ccccc32)cc1.[Pt]. The van der Waals surface area contributed by atoms with E-state index < -0.39 is 0 Å². The van der Waals surface area contributed by atoms with E-state index in [1.54, 1.807) is 0 Å². The molecule has 6 nitrogen and oxygen atoms in total. The Morgan fingerprint density at radius 3 is 2.06 bits per heavy atom. The molecule has 3 aliphatic heterocycles. The molecule has 0 aliphatic carbocycles. The van der Waals surface area contributed by atoms with Crippen LogP contribution in [0, 0.1) is 18.8 Å².